The maximum atomic E-state index is 8.81. The zero-order chi connectivity index (χ0) is 13.2. The maximum absolute atomic E-state index is 8.81. The smallest absolute Gasteiger partial charge is 0.0857 e. The number of azo groups is 1. The van der Waals surface area contributed by atoms with Crippen molar-refractivity contribution in [2.24, 2.45) is 10.2 Å². The zero-order valence-electron chi connectivity index (χ0n) is 9.47. The van der Waals surface area contributed by atoms with E-state index in [1.165, 1.54) is 0 Å². The molecule has 0 unspecified atom stereocenters. The van der Waals surface area contributed by atoms with Crippen LogP contribution < -0.4 is 0 Å². The molecule has 6 heteroatoms. The summed E-state index contributed by atoms with van der Waals surface area (Å²) in [6.45, 7) is 0. The van der Waals surface area contributed by atoms with Gasteiger partial charge in [-0.1, -0.05) is 36.4 Å². The van der Waals surface area contributed by atoms with Crippen LogP contribution in [0.25, 0.3) is 0 Å². The van der Waals surface area contributed by atoms with Gasteiger partial charge in [0.1, 0.15) is 0 Å². The summed E-state index contributed by atoms with van der Waals surface area (Å²) in [6.07, 6.45) is 0. The molecule has 2 N–H and O–H groups in total. The number of benzene rings is 2. The van der Waals surface area contributed by atoms with Crippen molar-refractivity contribution in [2.75, 3.05) is 0 Å². The number of hydrogen-bond donors (Lipinski definition) is 2. The van der Waals surface area contributed by atoms with Crippen molar-refractivity contribution in [1.29, 1.82) is 0 Å². The Labute approximate surface area is 110 Å². The van der Waals surface area contributed by atoms with Crippen molar-refractivity contribution in [3.05, 3.63) is 60.7 Å². The Kier molecular flexibility index (Phi) is 6.72. The standard InChI is InChI=1S/C12H10N2.AsH3O3/c1-3-7-11(8-4-1)13-14-12-9-5-2-6-10-12;2-1(3)4/h1-10H;1H,(H2,2,3,4). The molecule has 0 heterocycles. The molecule has 0 aromatic heterocycles. The summed E-state index contributed by atoms with van der Waals surface area (Å²) >= 11 is -3.58. The second kappa shape index (κ2) is 8.42. The Morgan fingerprint density at radius 2 is 1.00 bits per heavy atom. The molecule has 5 nitrogen and oxygen atoms in total. The molecule has 0 fully saturated rings. The van der Waals surface area contributed by atoms with Gasteiger partial charge in [-0.3, -0.25) is 0 Å². The molecule has 0 amide bonds. The third-order valence-corrected chi connectivity index (χ3v) is 1.79. The summed E-state index contributed by atoms with van der Waals surface area (Å²) < 4.78 is 23.2. The van der Waals surface area contributed by atoms with Crippen molar-refractivity contribution in [3.63, 3.8) is 0 Å². The number of nitrogens with zero attached hydrogens (tertiary/aromatic N) is 2. The largest absolute Gasteiger partial charge is 0.151 e. The van der Waals surface area contributed by atoms with Gasteiger partial charge in [-0.2, -0.15) is 10.2 Å². The van der Waals surface area contributed by atoms with Crippen LogP contribution in [0.1, 0.15) is 0 Å². The molecular formula is C12H13AsN2O3. The van der Waals surface area contributed by atoms with E-state index in [4.69, 9.17) is 11.9 Å². The van der Waals surface area contributed by atoms with E-state index in [0.29, 0.717) is 0 Å². The molecule has 0 saturated carbocycles. The van der Waals surface area contributed by atoms with E-state index in [2.05, 4.69) is 10.2 Å². The molecule has 0 bridgehead atoms. The van der Waals surface area contributed by atoms with Crippen LogP contribution in [0.2, 0.25) is 0 Å². The molecule has 94 valence electrons. The van der Waals surface area contributed by atoms with Crippen LogP contribution >= 0.6 is 0 Å². The molecule has 0 aliphatic rings. The van der Waals surface area contributed by atoms with Gasteiger partial charge in [-0.25, -0.2) is 0 Å². The van der Waals surface area contributed by atoms with Crippen molar-refractivity contribution in [2.45, 2.75) is 0 Å². The van der Waals surface area contributed by atoms with E-state index in [0.717, 1.165) is 11.4 Å². The van der Waals surface area contributed by atoms with Gasteiger partial charge >= 0.3 is 27.2 Å². The fraction of sp³-hybridized carbons (Fsp3) is 0. The van der Waals surface area contributed by atoms with Gasteiger partial charge in [0.15, 0.2) is 0 Å². The van der Waals surface area contributed by atoms with E-state index in [9.17, 15) is 0 Å². The molecule has 2 aromatic carbocycles. The fourth-order valence-corrected chi connectivity index (χ4v) is 1.10. The third kappa shape index (κ3) is 6.81. The van der Waals surface area contributed by atoms with Crippen LogP contribution in [0.5, 0.6) is 0 Å². The summed E-state index contributed by atoms with van der Waals surface area (Å²) in [7, 11) is 0. The summed E-state index contributed by atoms with van der Waals surface area (Å²) in [5.41, 5.74) is 1.74. The van der Waals surface area contributed by atoms with Gasteiger partial charge in [0.05, 0.1) is 11.4 Å². The Morgan fingerprint density at radius 1 is 0.722 bits per heavy atom. The molecule has 0 aliphatic heterocycles. The van der Waals surface area contributed by atoms with Gasteiger partial charge in [-0.05, 0) is 24.3 Å². The Bertz CT molecular complexity index is 458. The minimum Gasteiger partial charge on any atom is -0.151 e. The Hall–Kier alpha value is -1.68. The minimum absolute atomic E-state index is 0.872. The second-order valence-corrected chi connectivity index (χ2v) is 4.34. The first-order chi connectivity index (χ1) is 8.68. The SMILES string of the molecule is O=[AsH](O)O.c1ccc(N=Nc2ccccc2)cc1. The van der Waals surface area contributed by atoms with Crippen LogP contribution in [0.15, 0.2) is 70.9 Å². The molecule has 0 saturated heterocycles. The van der Waals surface area contributed by atoms with E-state index < -0.39 is 15.3 Å². The van der Waals surface area contributed by atoms with Gasteiger partial charge in [0.25, 0.3) is 0 Å². The first kappa shape index (κ1) is 14.4. The number of hydrogen-bond acceptors (Lipinski definition) is 3. The average Bonchev–Trinajstić information content (AvgIpc) is 2.38. The van der Waals surface area contributed by atoms with E-state index in [-0.39, 0.29) is 0 Å². The molecule has 0 atom stereocenters. The summed E-state index contributed by atoms with van der Waals surface area (Å²) in [6, 6.07) is 19.4. The predicted molar refractivity (Wildman–Crippen MR) is 69.3 cm³/mol. The Balaban J connectivity index is 0.000000357. The molecule has 0 radical (unpaired) electrons. The molecule has 0 spiro atoms. The van der Waals surface area contributed by atoms with Crippen LogP contribution in [0.4, 0.5) is 11.4 Å². The zero-order valence-corrected chi connectivity index (χ0v) is 11.6. The first-order valence-electron chi connectivity index (χ1n) is 5.12. The first-order valence-corrected chi connectivity index (χ1v) is 7.85. The monoisotopic (exact) mass is 308 g/mol. The predicted octanol–water partition coefficient (Wildman–Crippen LogP) is 2.22. The topological polar surface area (TPSA) is 82.2 Å². The van der Waals surface area contributed by atoms with Crippen molar-refractivity contribution < 1.29 is 11.9 Å². The second-order valence-electron chi connectivity index (χ2n) is 3.15. The van der Waals surface area contributed by atoms with Gasteiger partial charge in [-0.15, -0.1) is 0 Å². The maximum Gasteiger partial charge on any atom is 0.0857 e. The fourth-order valence-electron chi connectivity index (χ4n) is 1.10. The Morgan fingerprint density at radius 3 is 1.28 bits per heavy atom. The van der Waals surface area contributed by atoms with Crippen LogP contribution in [-0.2, 0) is 3.74 Å². The quantitative estimate of drug-likeness (QED) is 0.659. The van der Waals surface area contributed by atoms with Crippen LogP contribution in [0, 0.1) is 0 Å². The molecule has 2 rings (SSSR count). The van der Waals surface area contributed by atoms with E-state index in [1.54, 1.807) is 0 Å². The average molecular weight is 308 g/mol. The molecule has 2 aromatic rings. The molecular weight excluding hydrogens is 295 g/mol. The number of rotatable bonds is 2. The van der Waals surface area contributed by atoms with Gasteiger partial charge in [0, 0.05) is 0 Å². The van der Waals surface area contributed by atoms with Crippen LogP contribution in [0.3, 0.4) is 0 Å². The summed E-state index contributed by atoms with van der Waals surface area (Å²) in [5, 5.41) is 8.20. The van der Waals surface area contributed by atoms with E-state index >= 15 is 0 Å². The van der Waals surface area contributed by atoms with Crippen molar-refractivity contribution >= 4 is 26.6 Å². The van der Waals surface area contributed by atoms with Crippen molar-refractivity contribution in [3.8, 4) is 0 Å². The van der Waals surface area contributed by atoms with Gasteiger partial charge < -0.3 is 0 Å². The third-order valence-electron chi connectivity index (χ3n) is 1.79. The summed E-state index contributed by atoms with van der Waals surface area (Å²) in [5.74, 6) is 0. The van der Waals surface area contributed by atoms with Gasteiger partial charge in [0.2, 0.25) is 0 Å². The normalized spacial score (nSPS) is 10.2. The molecule has 18 heavy (non-hydrogen) atoms. The van der Waals surface area contributed by atoms with Crippen LogP contribution in [-0.4, -0.2) is 23.5 Å². The van der Waals surface area contributed by atoms with E-state index in [1.807, 2.05) is 60.7 Å². The minimum atomic E-state index is -3.58. The molecule has 0 aliphatic carbocycles. The summed E-state index contributed by atoms with van der Waals surface area (Å²) in [4.78, 5) is 0. The van der Waals surface area contributed by atoms with Crippen molar-refractivity contribution in [1.82, 2.24) is 0 Å².